The molecule has 2 unspecified atom stereocenters. The van der Waals surface area contributed by atoms with E-state index < -0.39 is 16.9 Å². The van der Waals surface area contributed by atoms with Crippen LogP contribution in [0.5, 0.6) is 0 Å². The van der Waals surface area contributed by atoms with Crippen LogP contribution in [-0.4, -0.2) is 33.6 Å². The number of halogens is 1. The van der Waals surface area contributed by atoms with Gasteiger partial charge >= 0.3 is 11.7 Å². The Morgan fingerprint density at radius 1 is 1.68 bits per heavy atom. The van der Waals surface area contributed by atoms with Crippen molar-refractivity contribution in [1.29, 1.82) is 0 Å². The van der Waals surface area contributed by atoms with Crippen molar-refractivity contribution in [2.24, 2.45) is 5.92 Å². The molecule has 1 fully saturated rings. The van der Waals surface area contributed by atoms with Gasteiger partial charge in [-0.15, -0.1) is 0 Å². The van der Waals surface area contributed by atoms with Crippen LogP contribution in [0.1, 0.15) is 13.3 Å². The summed E-state index contributed by atoms with van der Waals surface area (Å²) in [6.07, 6.45) is 2.11. The first kappa shape index (κ1) is 13.7. The lowest BCUT2D eigenvalue weighted by Gasteiger charge is -2.23. The van der Waals surface area contributed by atoms with Gasteiger partial charge in [-0.3, -0.25) is 10.1 Å². The van der Waals surface area contributed by atoms with Crippen LogP contribution in [0.3, 0.4) is 0 Å². The molecule has 102 valence electrons. The molecule has 19 heavy (non-hydrogen) atoms. The summed E-state index contributed by atoms with van der Waals surface area (Å²) in [5.41, 5.74) is -0.185. The van der Waals surface area contributed by atoms with Crippen LogP contribution in [0.4, 0.5) is 11.5 Å². The van der Waals surface area contributed by atoms with Crippen LogP contribution in [0.15, 0.2) is 16.7 Å². The van der Waals surface area contributed by atoms with E-state index in [0.29, 0.717) is 17.4 Å². The minimum Gasteiger partial charge on any atom is -0.480 e. The summed E-state index contributed by atoms with van der Waals surface area (Å²) in [6.45, 7) is 2.27. The lowest BCUT2D eigenvalue weighted by Crippen LogP contribution is -2.39. The van der Waals surface area contributed by atoms with E-state index in [2.05, 4.69) is 20.9 Å². The molecule has 0 bridgehead atoms. The van der Waals surface area contributed by atoms with Gasteiger partial charge < -0.3 is 10.0 Å². The number of pyridine rings is 1. The Labute approximate surface area is 117 Å². The number of hydrogen-bond acceptors (Lipinski definition) is 5. The van der Waals surface area contributed by atoms with Gasteiger partial charge in [0, 0.05) is 23.3 Å². The molecule has 1 aromatic heterocycles. The van der Waals surface area contributed by atoms with E-state index in [0.717, 1.165) is 0 Å². The molecule has 2 rings (SSSR count). The van der Waals surface area contributed by atoms with Crippen molar-refractivity contribution in [3.63, 3.8) is 0 Å². The summed E-state index contributed by atoms with van der Waals surface area (Å²) >= 11 is 3.13. The number of nitro groups is 1. The molecule has 0 radical (unpaired) electrons. The lowest BCUT2D eigenvalue weighted by molar-refractivity contribution is -0.384. The second-order valence-electron chi connectivity index (χ2n) is 4.50. The third kappa shape index (κ3) is 2.53. The number of anilines is 1. The van der Waals surface area contributed by atoms with Gasteiger partial charge in [-0.2, -0.15) is 0 Å². The fourth-order valence-corrected chi connectivity index (χ4v) is 2.66. The summed E-state index contributed by atoms with van der Waals surface area (Å²) in [5, 5.41) is 20.3. The van der Waals surface area contributed by atoms with Crippen molar-refractivity contribution in [2.75, 3.05) is 11.4 Å². The van der Waals surface area contributed by atoms with Gasteiger partial charge in [0.05, 0.1) is 4.92 Å². The largest absolute Gasteiger partial charge is 0.480 e. The average molecular weight is 330 g/mol. The van der Waals surface area contributed by atoms with Crippen LogP contribution >= 0.6 is 15.9 Å². The molecule has 0 aliphatic carbocycles. The number of carboxylic acid groups (broad SMARTS) is 1. The molecule has 1 aliphatic rings. The predicted molar refractivity (Wildman–Crippen MR) is 71.1 cm³/mol. The van der Waals surface area contributed by atoms with Gasteiger partial charge in [0.25, 0.3) is 0 Å². The quantitative estimate of drug-likeness (QED) is 0.673. The summed E-state index contributed by atoms with van der Waals surface area (Å²) < 4.78 is 0.488. The molecule has 1 saturated heterocycles. The van der Waals surface area contributed by atoms with Crippen LogP contribution < -0.4 is 4.90 Å². The zero-order valence-corrected chi connectivity index (χ0v) is 11.7. The van der Waals surface area contributed by atoms with Crippen molar-refractivity contribution in [2.45, 2.75) is 19.4 Å². The topological polar surface area (TPSA) is 96.6 Å². The maximum absolute atomic E-state index is 11.3. The Morgan fingerprint density at radius 2 is 2.37 bits per heavy atom. The SMILES string of the molecule is CC1CCN(c2ncc(Br)cc2[N+](=O)[O-])C1C(=O)O. The van der Waals surface area contributed by atoms with Crippen LogP contribution in [0.2, 0.25) is 0 Å². The van der Waals surface area contributed by atoms with E-state index in [1.54, 1.807) is 0 Å². The summed E-state index contributed by atoms with van der Waals surface area (Å²) in [5.74, 6) is -0.934. The van der Waals surface area contributed by atoms with E-state index >= 15 is 0 Å². The Hall–Kier alpha value is -1.70. The van der Waals surface area contributed by atoms with Crippen molar-refractivity contribution < 1.29 is 14.8 Å². The van der Waals surface area contributed by atoms with E-state index in [1.165, 1.54) is 17.2 Å². The number of aliphatic carboxylic acids is 1. The van der Waals surface area contributed by atoms with Crippen LogP contribution in [0, 0.1) is 16.0 Å². The molecule has 2 heterocycles. The molecule has 1 N–H and O–H groups in total. The molecular weight excluding hydrogens is 318 g/mol. The monoisotopic (exact) mass is 329 g/mol. The predicted octanol–water partition coefficient (Wildman–Crippen LogP) is 2.05. The Bertz CT molecular complexity index is 537. The Kier molecular flexibility index (Phi) is 3.70. The van der Waals surface area contributed by atoms with Crippen molar-refractivity contribution in [3.8, 4) is 0 Å². The molecule has 1 aromatic rings. The van der Waals surface area contributed by atoms with Gasteiger partial charge in [0.2, 0.25) is 5.82 Å². The number of hydrogen-bond donors (Lipinski definition) is 1. The molecular formula is C11H12BrN3O4. The van der Waals surface area contributed by atoms with E-state index in [-0.39, 0.29) is 17.4 Å². The minimum absolute atomic E-state index is 0.0671. The zero-order valence-electron chi connectivity index (χ0n) is 10.1. The molecule has 0 spiro atoms. The Balaban J connectivity index is 2.47. The molecule has 1 aliphatic heterocycles. The molecule has 8 heteroatoms. The van der Waals surface area contributed by atoms with E-state index in [1.807, 2.05) is 6.92 Å². The Morgan fingerprint density at radius 3 is 2.95 bits per heavy atom. The highest BCUT2D eigenvalue weighted by atomic mass is 79.9. The van der Waals surface area contributed by atoms with Gasteiger partial charge in [-0.25, -0.2) is 9.78 Å². The first-order valence-corrected chi connectivity index (χ1v) is 6.50. The summed E-state index contributed by atoms with van der Waals surface area (Å²) in [4.78, 5) is 27.3. The van der Waals surface area contributed by atoms with E-state index in [4.69, 9.17) is 0 Å². The normalized spacial score (nSPS) is 22.5. The molecule has 7 nitrogen and oxygen atoms in total. The molecule has 0 saturated carbocycles. The third-order valence-corrected chi connectivity index (χ3v) is 3.67. The number of carboxylic acids is 1. The lowest BCUT2D eigenvalue weighted by atomic mass is 10.0. The maximum Gasteiger partial charge on any atom is 0.326 e. The zero-order chi connectivity index (χ0) is 14.2. The first-order valence-electron chi connectivity index (χ1n) is 5.71. The van der Waals surface area contributed by atoms with Crippen molar-refractivity contribution in [1.82, 2.24) is 4.98 Å². The average Bonchev–Trinajstić information content (AvgIpc) is 2.70. The third-order valence-electron chi connectivity index (χ3n) is 3.24. The van der Waals surface area contributed by atoms with Gasteiger partial charge in [0.1, 0.15) is 6.04 Å². The van der Waals surface area contributed by atoms with Crippen LogP contribution in [-0.2, 0) is 4.79 Å². The first-order chi connectivity index (χ1) is 8.91. The summed E-state index contributed by atoms with van der Waals surface area (Å²) in [7, 11) is 0. The molecule has 2 atom stereocenters. The second-order valence-corrected chi connectivity index (χ2v) is 5.41. The smallest absolute Gasteiger partial charge is 0.326 e. The molecule has 0 aromatic carbocycles. The number of carbonyl (C=O) groups is 1. The van der Waals surface area contributed by atoms with Crippen LogP contribution in [0.25, 0.3) is 0 Å². The second kappa shape index (κ2) is 5.12. The number of aromatic nitrogens is 1. The highest BCUT2D eigenvalue weighted by Crippen LogP contribution is 2.35. The van der Waals surface area contributed by atoms with Crippen molar-refractivity contribution in [3.05, 3.63) is 26.9 Å². The number of rotatable bonds is 3. The maximum atomic E-state index is 11.3. The fourth-order valence-electron chi connectivity index (χ4n) is 2.34. The van der Waals surface area contributed by atoms with Gasteiger partial charge in [-0.1, -0.05) is 6.92 Å². The standard InChI is InChI=1S/C11H12BrN3O4/c1-6-2-3-14(9(6)11(16)17)10-8(15(18)19)4-7(12)5-13-10/h4-6,9H,2-3H2,1H3,(H,16,17). The van der Waals surface area contributed by atoms with Gasteiger partial charge in [0.15, 0.2) is 0 Å². The highest BCUT2D eigenvalue weighted by Gasteiger charge is 2.40. The number of nitrogens with zero attached hydrogens (tertiary/aromatic N) is 3. The minimum atomic E-state index is -0.982. The van der Waals surface area contributed by atoms with Gasteiger partial charge in [-0.05, 0) is 28.3 Å². The molecule has 0 amide bonds. The van der Waals surface area contributed by atoms with E-state index in [9.17, 15) is 20.0 Å². The van der Waals surface area contributed by atoms with Crippen molar-refractivity contribution >= 4 is 33.4 Å². The summed E-state index contributed by atoms with van der Waals surface area (Å²) in [6, 6.07) is 0.567. The fraction of sp³-hybridized carbons (Fsp3) is 0.455. The highest BCUT2D eigenvalue weighted by molar-refractivity contribution is 9.10.